The van der Waals surface area contributed by atoms with Gasteiger partial charge in [-0.15, -0.1) is 0 Å². The van der Waals surface area contributed by atoms with E-state index in [9.17, 15) is 0 Å². The number of anilines is 4. The normalized spacial score (nSPS) is 17.0. The quantitative estimate of drug-likeness (QED) is 0.168. The number of rotatable bonds is 6. The van der Waals surface area contributed by atoms with Crippen LogP contribution in [-0.4, -0.2) is 7.28 Å². The van der Waals surface area contributed by atoms with Crippen molar-refractivity contribution < 1.29 is 0 Å². The molecule has 3 heteroatoms. The Balaban J connectivity index is 1.05. The van der Waals surface area contributed by atoms with Crippen LogP contribution >= 0.6 is 0 Å². The maximum Gasteiger partial charge on any atom is 0.198 e. The summed E-state index contributed by atoms with van der Waals surface area (Å²) >= 11 is 0. The lowest BCUT2D eigenvalue weighted by Gasteiger charge is -2.39. The van der Waals surface area contributed by atoms with Gasteiger partial charge in [-0.25, -0.2) is 0 Å². The zero-order valence-electron chi connectivity index (χ0n) is 38.9. The van der Waals surface area contributed by atoms with Crippen molar-refractivity contribution in [2.24, 2.45) is 5.41 Å². The minimum atomic E-state index is -0.117. The number of nitrogens with one attached hydrogen (secondary N) is 1. The molecule has 322 valence electrons. The number of fused-ring (bicyclic) bond motifs is 7. The number of nitrogens with zero attached hydrogens (tertiary/aromatic N) is 1. The van der Waals surface area contributed by atoms with Crippen molar-refractivity contribution in [2.75, 3.05) is 10.2 Å². The fraction of sp³-hybridized carbons (Fsp3) is 0.156. The molecule has 4 aliphatic carbocycles. The van der Waals surface area contributed by atoms with Crippen LogP contribution in [0.3, 0.4) is 0 Å². The fourth-order valence-electron chi connectivity index (χ4n) is 12.4. The lowest BCUT2D eigenvalue weighted by Crippen LogP contribution is -2.43. The molecule has 8 aromatic rings. The Labute approximate surface area is 396 Å². The summed E-state index contributed by atoms with van der Waals surface area (Å²) in [5.41, 5.74) is 27.9. The first kappa shape index (κ1) is 40.0. The summed E-state index contributed by atoms with van der Waals surface area (Å²) in [6, 6.07) is 63.4. The molecule has 0 spiro atoms. The monoisotopic (exact) mass is 860 g/mol. The maximum atomic E-state index is 3.97. The number of hydrogen-bond donors (Lipinski definition) is 1. The summed E-state index contributed by atoms with van der Waals surface area (Å²) in [5.74, 6) is 0. The third kappa shape index (κ3) is 6.31. The van der Waals surface area contributed by atoms with Crippen LogP contribution in [-0.2, 0) is 5.41 Å². The highest BCUT2D eigenvalue weighted by Gasteiger charge is 2.43. The largest absolute Gasteiger partial charge is 0.355 e. The Morgan fingerprint density at radius 2 is 1.21 bits per heavy atom. The first-order valence-electron chi connectivity index (χ1n) is 24.3. The van der Waals surface area contributed by atoms with Gasteiger partial charge in [-0.1, -0.05) is 178 Å². The standard InChI is InChI=1S/C64H53BN2/c1-63(2)54-25-15-13-23-48(54)50-32-31-47(37-56(50)63)67-60-39-57-51(49-24-14-16-26-55(49)64(57,3)4)38-58(60)65-62-53(34-45(36-61(62)67)41-19-9-6-10-20-41)52-33-43-21-11-12-22-44(43)35-59(52)66-46-29-27-42(28-30-46)40-17-7-5-8-18-40/h5-14,16-24,26-30,33-39,65-66H,15,25,31-32H2,1-4H3. The summed E-state index contributed by atoms with van der Waals surface area (Å²) in [6.45, 7) is 9.79. The van der Waals surface area contributed by atoms with Crippen LogP contribution in [0.25, 0.3) is 55.3 Å². The van der Waals surface area contributed by atoms with E-state index in [4.69, 9.17) is 0 Å². The van der Waals surface area contributed by atoms with E-state index in [0.717, 1.165) is 44.3 Å². The summed E-state index contributed by atoms with van der Waals surface area (Å²) < 4.78 is 0. The van der Waals surface area contributed by atoms with Gasteiger partial charge in [0.05, 0.1) is 0 Å². The molecule has 67 heavy (non-hydrogen) atoms. The molecule has 0 unspecified atom stereocenters. The van der Waals surface area contributed by atoms with Gasteiger partial charge in [-0.3, -0.25) is 0 Å². The maximum absolute atomic E-state index is 3.97. The first-order valence-corrected chi connectivity index (χ1v) is 24.3. The molecule has 0 aromatic heterocycles. The van der Waals surface area contributed by atoms with Crippen LogP contribution in [0.2, 0.25) is 0 Å². The summed E-state index contributed by atoms with van der Waals surface area (Å²) in [4.78, 5) is 2.72. The summed E-state index contributed by atoms with van der Waals surface area (Å²) in [5, 5.41) is 6.42. The predicted molar refractivity (Wildman–Crippen MR) is 286 cm³/mol. The molecule has 8 aromatic carbocycles. The van der Waals surface area contributed by atoms with E-state index in [2.05, 4.69) is 226 Å². The molecule has 0 fully saturated rings. The Hall–Kier alpha value is -7.36. The number of benzene rings is 8. The molecule has 0 saturated heterocycles. The van der Waals surface area contributed by atoms with E-state index in [-0.39, 0.29) is 10.8 Å². The molecule has 5 aliphatic rings. The Kier molecular flexibility index (Phi) is 9.00. The van der Waals surface area contributed by atoms with Crippen molar-refractivity contribution in [2.45, 2.75) is 58.8 Å². The molecular formula is C64H53BN2. The molecule has 1 heterocycles. The second-order valence-corrected chi connectivity index (χ2v) is 20.4. The molecule has 0 atom stereocenters. The summed E-state index contributed by atoms with van der Waals surface area (Å²) in [7, 11) is 0.826. The molecule has 2 nitrogen and oxygen atoms in total. The van der Waals surface area contributed by atoms with E-state index in [1.54, 1.807) is 11.1 Å². The average molecular weight is 861 g/mol. The van der Waals surface area contributed by atoms with Gasteiger partial charge in [0, 0.05) is 44.8 Å². The van der Waals surface area contributed by atoms with Crippen molar-refractivity contribution in [3.63, 3.8) is 0 Å². The van der Waals surface area contributed by atoms with Crippen LogP contribution in [0, 0.1) is 5.41 Å². The summed E-state index contributed by atoms with van der Waals surface area (Å²) in [6.07, 6.45) is 11.7. The highest BCUT2D eigenvalue weighted by Crippen LogP contribution is 2.56. The lowest BCUT2D eigenvalue weighted by atomic mass is 9.57. The topological polar surface area (TPSA) is 15.3 Å². The van der Waals surface area contributed by atoms with Crippen LogP contribution in [0.5, 0.6) is 0 Å². The molecule has 1 aliphatic heterocycles. The highest BCUT2D eigenvalue weighted by atomic mass is 15.2. The van der Waals surface area contributed by atoms with E-state index in [1.165, 1.54) is 106 Å². The fourth-order valence-corrected chi connectivity index (χ4v) is 12.4. The minimum Gasteiger partial charge on any atom is -0.355 e. The average Bonchev–Trinajstić information content (AvgIpc) is 3.73. The second-order valence-electron chi connectivity index (χ2n) is 20.4. The zero-order valence-corrected chi connectivity index (χ0v) is 38.9. The van der Waals surface area contributed by atoms with Crippen molar-refractivity contribution in [3.05, 3.63) is 227 Å². The van der Waals surface area contributed by atoms with Crippen LogP contribution in [0.4, 0.5) is 22.7 Å². The van der Waals surface area contributed by atoms with Gasteiger partial charge >= 0.3 is 0 Å². The predicted octanol–water partition coefficient (Wildman–Crippen LogP) is 15.4. The van der Waals surface area contributed by atoms with E-state index < -0.39 is 0 Å². The molecule has 0 amide bonds. The van der Waals surface area contributed by atoms with Gasteiger partial charge in [0.1, 0.15) is 0 Å². The van der Waals surface area contributed by atoms with E-state index in [1.807, 2.05) is 0 Å². The van der Waals surface area contributed by atoms with Gasteiger partial charge < -0.3 is 10.2 Å². The van der Waals surface area contributed by atoms with Gasteiger partial charge in [0.15, 0.2) is 7.28 Å². The van der Waals surface area contributed by atoms with Gasteiger partial charge in [0.25, 0.3) is 0 Å². The molecule has 13 rings (SSSR count). The SMILES string of the molecule is CC1(C)C2=C(CCC(N3c4cc5c(cc4Bc4c(-c6cc7ccccc7cc6Nc6ccc(-c7ccccc7)cc6)cc(-c6ccccc6)cc43)-c3ccccc3C5(C)C)=C2)C2=C1CCC=C2. The number of hydrogen-bond acceptors (Lipinski definition) is 2. The van der Waals surface area contributed by atoms with E-state index in [0.29, 0.717) is 0 Å². The third-order valence-corrected chi connectivity index (χ3v) is 15.9. The van der Waals surface area contributed by atoms with Crippen LogP contribution in [0.15, 0.2) is 216 Å². The second kappa shape index (κ2) is 15.1. The molecular weight excluding hydrogens is 808 g/mol. The Morgan fingerprint density at radius 1 is 0.522 bits per heavy atom. The smallest absolute Gasteiger partial charge is 0.198 e. The van der Waals surface area contributed by atoms with Crippen molar-refractivity contribution in [1.82, 2.24) is 0 Å². The van der Waals surface area contributed by atoms with Crippen molar-refractivity contribution >= 4 is 51.7 Å². The van der Waals surface area contributed by atoms with Gasteiger partial charge in [0.2, 0.25) is 0 Å². The zero-order chi connectivity index (χ0) is 45.0. The molecule has 0 bridgehead atoms. The molecule has 0 saturated carbocycles. The molecule has 1 N–H and O–H groups in total. The minimum absolute atomic E-state index is 0.00781. The number of allylic oxidation sites excluding steroid dienone is 8. The highest BCUT2D eigenvalue weighted by molar-refractivity contribution is 6.73. The van der Waals surface area contributed by atoms with Crippen molar-refractivity contribution in [3.8, 4) is 44.5 Å². The lowest BCUT2D eigenvalue weighted by molar-refractivity contribution is 0.531. The van der Waals surface area contributed by atoms with Crippen LogP contribution in [0.1, 0.15) is 64.5 Å². The van der Waals surface area contributed by atoms with Crippen molar-refractivity contribution in [1.29, 1.82) is 0 Å². The van der Waals surface area contributed by atoms with Crippen LogP contribution < -0.4 is 21.1 Å². The molecule has 0 radical (unpaired) electrons. The van der Waals surface area contributed by atoms with Gasteiger partial charge in [-0.05, 0) is 157 Å². The first-order chi connectivity index (χ1) is 32.7. The Morgan fingerprint density at radius 3 is 1.99 bits per heavy atom. The van der Waals surface area contributed by atoms with Gasteiger partial charge in [-0.2, -0.15) is 0 Å². The Bertz CT molecular complexity index is 3490. The third-order valence-electron chi connectivity index (χ3n) is 15.9. The van der Waals surface area contributed by atoms with E-state index >= 15 is 0 Å².